The van der Waals surface area contributed by atoms with Crippen LogP contribution in [0, 0.1) is 0 Å². The van der Waals surface area contributed by atoms with Crippen molar-refractivity contribution in [1.29, 1.82) is 0 Å². The highest BCUT2D eigenvalue weighted by atomic mass is 16.5. The number of tetrazole rings is 1. The van der Waals surface area contributed by atoms with Crippen LogP contribution in [0.25, 0.3) is 5.69 Å². The highest BCUT2D eigenvalue weighted by molar-refractivity contribution is 5.45. The Morgan fingerprint density at radius 2 is 1.73 bits per heavy atom. The lowest BCUT2D eigenvalue weighted by atomic mass is 10.1. The van der Waals surface area contributed by atoms with E-state index >= 15 is 0 Å². The maximum Gasteiger partial charge on any atom is 0.346 e. The molecule has 3 aromatic carbocycles. The molecule has 1 heterocycles. The SMILES string of the molecule is CCOc1cc(CNCCc2ccccc2OC)ccc1Oc1nnnn1-c1ccccc1. The van der Waals surface area contributed by atoms with E-state index in [9.17, 15) is 0 Å². The van der Waals surface area contributed by atoms with Crippen LogP contribution in [0.15, 0.2) is 72.8 Å². The van der Waals surface area contributed by atoms with E-state index in [1.165, 1.54) is 5.56 Å². The maximum absolute atomic E-state index is 6.02. The Balaban J connectivity index is 1.41. The third-order valence-electron chi connectivity index (χ3n) is 5.04. The van der Waals surface area contributed by atoms with Crippen LogP contribution in [0.5, 0.6) is 23.3 Å². The van der Waals surface area contributed by atoms with Gasteiger partial charge in [0.05, 0.1) is 19.4 Å². The molecule has 170 valence electrons. The predicted molar refractivity (Wildman–Crippen MR) is 125 cm³/mol. The van der Waals surface area contributed by atoms with Crippen LogP contribution in [0.3, 0.4) is 0 Å². The van der Waals surface area contributed by atoms with Crippen LogP contribution in [0.1, 0.15) is 18.1 Å². The van der Waals surface area contributed by atoms with Gasteiger partial charge in [0.25, 0.3) is 0 Å². The number of para-hydroxylation sites is 2. The molecule has 0 aliphatic rings. The number of methoxy groups -OCH3 is 1. The molecule has 0 aliphatic heterocycles. The van der Waals surface area contributed by atoms with Crippen LogP contribution in [-0.2, 0) is 13.0 Å². The van der Waals surface area contributed by atoms with Crippen molar-refractivity contribution in [2.45, 2.75) is 19.9 Å². The van der Waals surface area contributed by atoms with E-state index < -0.39 is 0 Å². The first-order chi connectivity index (χ1) is 16.3. The molecule has 0 unspecified atom stereocenters. The highest BCUT2D eigenvalue weighted by Gasteiger charge is 2.14. The summed E-state index contributed by atoms with van der Waals surface area (Å²) in [6.45, 7) is 3.99. The average Bonchev–Trinajstić information content (AvgIpc) is 3.32. The van der Waals surface area contributed by atoms with Crippen molar-refractivity contribution >= 4 is 0 Å². The van der Waals surface area contributed by atoms with Gasteiger partial charge in [-0.05, 0) is 71.8 Å². The zero-order valence-corrected chi connectivity index (χ0v) is 18.8. The topological polar surface area (TPSA) is 83.3 Å². The van der Waals surface area contributed by atoms with Crippen LogP contribution < -0.4 is 19.5 Å². The van der Waals surface area contributed by atoms with Gasteiger partial charge in [-0.25, -0.2) is 0 Å². The van der Waals surface area contributed by atoms with E-state index in [0.29, 0.717) is 24.7 Å². The monoisotopic (exact) mass is 445 g/mol. The Morgan fingerprint density at radius 1 is 0.909 bits per heavy atom. The molecule has 8 heteroatoms. The second kappa shape index (κ2) is 11.1. The molecule has 33 heavy (non-hydrogen) atoms. The molecule has 0 bridgehead atoms. The molecule has 0 aliphatic carbocycles. The van der Waals surface area contributed by atoms with Crippen LogP contribution >= 0.6 is 0 Å². The lowest BCUT2D eigenvalue weighted by molar-refractivity contribution is 0.315. The zero-order valence-electron chi connectivity index (χ0n) is 18.8. The standard InChI is InChI=1S/C25H27N5O3/c1-3-32-24-17-19(18-26-16-15-20-9-7-8-12-22(20)31-2)13-14-23(24)33-25-27-28-29-30(25)21-10-5-4-6-11-21/h4-14,17,26H,3,15-16,18H2,1-2H3. The number of rotatable bonds is 11. The number of nitrogens with one attached hydrogen (secondary N) is 1. The van der Waals surface area contributed by atoms with Gasteiger partial charge in [0.15, 0.2) is 11.5 Å². The summed E-state index contributed by atoms with van der Waals surface area (Å²) in [5.41, 5.74) is 3.09. The van der Waals surface area contributed by atoms with E-state index in [0.717, 1.165) is 30.0 Å². The van der Waals surface area contributed by atoms with Crippen molar-refractivity contribution in [3.05, 3.63) is 83.9 Å². The first-order valence-corrected chi connectivity index (χ1v) is 10.9. The molecule has 4 aromatic rings. The van der Waals surface area contributed by atoms with E-state index in [1.54, 1.807) is 11.8 Å². The van der Waals surface area contributed by atoms with Gasteiger partial charge in [0.1, 0.15) is 5.75 Å². The molecule has 0 atom stereocenters. The number of nitrogens with zero attached hydrogens (tertiary/aromatic N) is 4. The number of ether oxygens (including phenoxy) is 3. The second-order valence-electron chi connectivity index (χ2n) is 7.26. The van der Waals surface area contributed by atoms with Crippen molar-refractivity contribution in [2.75, 3.05) is 20.3 Å². The Kier molecular flexibility index (Phi) is 7.50. The molecule has 0 radical (unpaired) electrons. The maximum atomic E-state index is 6.02. The van der Waals surface area contributed by atoms with Crippen molar-refractivity contribution in [1.82, 2.24) is 25.5 Å². The van der Waals surface area contributed by atoms with Crippen molar-refractivity contribution in [3.8, 4) is 28.9 Å². The van der Waals surface area contributed by atoms with Gasteiger partial charge in [0, 0.05) is 6.54 Å². The third kappa shape index (κ3) is 5.67. The molecular weight excluding hydrogens is 418 g/mol. The van der Waals surface area contributed by atoms with Gasteiger partial charge >= 0.3 is 6.01 Å². The minimum absolute atomic E-state index is 0.268. The number of hydrogen-bond acceptors (Lipinski definition) is 7. The molecule has 0 fully saturated rings. The smallest absolute Gasteiger partial charge is 0.346 e. The molecule has 8 nitrogen and oxygen atoms in total. The van der Waals surface area contributed by atoms with Gasteiger partial charge in [-0.3, -0.25) is 0 Å². The van der Waals surface area contributed by atoms with Gasteiger partial charge in [-0.2, -0.15) is 4.68 Å². The lowest BCUT2D eigenvalue weighted by Gasteiger charge is -2.13. The predicted octanol–water partition coefficient (Wildman–Crippen LogP) is 4.19. The van der Waals surface area contributed by atoms with Crippen molar-refractivity contribution in [2.24, 2.45) is 0 Å². The van der Waals surface area contributed by atoms with Gasteiger partial charge in [-0.1, -0.05) is 47.6 Å². The third-order valence-corrected chi connectivity index (χ3v) is 5.04. The zero-order chi connectivity index (χ0) is 22.9. The molecule has 0 saturated heterocycles. The fourth-order valence-electron chi connectivity index (χ4n) is 3.45. The number of aromatic nitrogens is 4. The normalized spacial score (nSPS) is 10.7. The summed E-state index contributed by atoms with van der Waals surface area (Å²) in [5.74, 6) is 2.11. The molecule has 0 spiro atoms. The second-order valence-corrected chi connectivity index (χ2v) is 7.26. The van der Waals surface area contributed by atoms with E-state index in [1.807, 2.05) is 73.7 Å². The highest BCUT2D eigenvalue weighted by Crippen LogP contribution is 2.32. The van der Waals surface area contributed by atoms with Crippen molar-refractivity contribution < 1.29 is 14.2 Å². The van der Waals surface area contributed by atoms with Crippen molar-refractivity contribution in [3.63, 3.8) is 0 Å². The quantitative estimate of drug-likeness (QED) is 0.347. The van der Waals surface area contributed by atoms with E-state index in [-0.39, 0.29) is 6.01 Å². The summed E-state index contributed by atoms with van der Waals surface area (Å²) in [6, 6.07) is 23.8. The van der Waals surface area contributed by atoms with Gasteiger partial charge in [0.2, 0.25) is 0 Å². The summed E-state index contributed by atoms with van der Waals surface area (Å²) in [4.78, 5) is 0. The fraction of sp³-hybridized carbons (Fsp3) is 0.240. The Morgan fingerprint density at radius 3 is 2.55 bits per heavy atom. The fourth-order valence-corrected chi connectivity index (χ4v) is 3.45. The van der Waals surface area contributed by atoms with E-state index in [4.69, 9.17) is 14.2 Å². The molecule has 4 rings (SSSR count). The minimum atomic E-state index is 0.268. The first kappa shape index (κ1) is 22.3. The van der Waals surface area contributed by atoms with Crippen LogP contribution in [-0.4, -0.2) is 40.5 Å². The lowest BCUT2D eigenvalue weighted by Crippen LogP contribution is -2.17. The number of hydrogen-bond donors (Lipinski definition) is 1. The summed E-state index contributed by atoms with van der Waals surface area (Å²) < 4.78 is 18.8. The number of benzene rings is 3. The Bertz CT molecular complexity index is 1160. The largest absolute Gasteiger partial charge is 0.496 e. The summed E-state index contributed by atoms with van der Waals surface area (Å²) >= 11 is 0. The molecule has 0 saturated carbocycles. The summed E-state index contributed by atoms with van der Waals surface area (Å²) in [7, 11) is 1.70. The average molecular weight is 446 g/mol. The Labute approximate surface area is 193 Å². The molecule has 0 amide bonds. The first-order valence-electron chi connectivity index (χ1n) is 10.9. The Hall–Kier alpha value is -3.91. The van der Waals surface area contributed by atoms with Crippen LogP contribution in [0.2, 0.25) is 0 Å². The molecular formula is C25H27N5O3. The minimum Gasteiger partial charge on any atom is -0.496 e. The molecule has 1 aromatic heterocycles. The molecule has 1 N–H and O–H groups in total. The summed E-state index contributed by atoms with van der Waals surface area (Å²) in [6.07, 6.45) is 0.881. The van der Waals surface area contributed by atoms with E-state index in [2.05, 4.69) is 26.9 Å². The van der Waals surface area contributed by atoms with Gasteiger partial charge < -0.3 is 19.5 Å². The van der Waals surface area contributed by atoms with Crippen LogP contribution in [0.4, 0.5) is 0 Å². The van der Waals surface area contributed by atoms with Gasteiger partial charge in [-0.15, -0.1) is 0 Å². The summed E-state index contributed by atoms with van der Waals surface area (Å²) in [5, 5.41) is 15.3.